The Labute approximate surface area is 203 Å². The van der Waals surface area contributed by atoms with Gasteiger partial charge in [-0.15, -0.1) is 11.3 Å². The van der Waals surface area contributed by atoms with Gasteiger partial charge in [-0.1, -0.05) is 24.3 Å². The Morgan fingerprint density at radius 3 is 2.34 bits per heavy atom. The van der Waals surface area contributed by atoms with E-state index in [1.807, 2.05) is 34.5 Å². The molecule has 1 atom stereocenters. The van der Waals surface area contributed by atoms with Crippen LogP contribution < -0.4 is 10.2 Å². The van der Waals surface area contributed by atoms with Crippen LogP contribution in [0, 0.1) is 5.41 Å². The van der Waals surface area contributed by atoms with Crippen LogP contribution in [0.3, 0.4) is 0 Å². The molecule has 0 radical (unpaired) electrons. The number of carbonyl (C=O) groups excluding carboxylic acids is 1. The molecule has 9 nitrogen and oxygen atoms in total. The molecule has 2 saturated heterocycles. The average molecular weight is 515 g/mol. The number of aliphatic carboxylic acids is 2. The Hall–Kier alpha value is -3.19. The molecule has 3 heterocycles. The lowest BCUT2D eigenvalue weighted by atomic mass is 9.86. The highest BCUT2D eigenvalue weighted by Crippen LogP contribution is 2.32. The number of aromatic nitrogens is 1. The number of rotatable bonds is 5. The minimum Gasteiger partial charge on any atom is -0.481 e. The third-order valence-electron chi connectivity index (χ3n) is 5.66. The van der Waals surface area contributed by atoms with Crippen LogP contribution in [0.15, 0.2) is 29.6 Å². The number of nitrogens with one attached hydrogen (secondary N) is 1. The second kappa shape index (κ2) is 10.2. The summed E-state index contributed by atoms with van der Waals surface area (Å²) in [6.07, 6.45) is -4.61. The second-order valence-corrected chi connectivity index (χ2v) is 9.66. The van der Waals surface area contributed by atoms with Gasteiger partial charge in [-0.05, 0) is 25.8 Å². The summed E-state index contributed by atoms with van der Waals surface area (Å²) in [7, 11) is 0. The fourth-order valence-electron chi connectivity index (χ4n) is 3.68. The number of carboxylic acids is 2. The zero-order valence-electron chi connectivity index (χ0n) is 19.0. The number of nitrogens with zero attached hydrogens (tertiary/aromatic N) is 3. The molecule has 0 saturated carbocycles. The zero-order chi connectivity index (χ0) is 26.0. The molecule has 2 aliphatic rings. The van der Waals surface area contributed by atoms with Crippen molar-refractivity contribution in [1.82, 2.24) is 15.2 Å². The first kappa shape index (κ1) is 26.4. The highest BCUT2D eigenvalue weighted by atomic mass is 32.1. The van der Waals surface area contributed by atoms with E-state index < -0.39 is 23.5 Å². The molecule has 1 aromatic carbocycles. The van der Waals surface area contributed by atoms with Crippen LogP contribution in [-0.4, -0.2) is 76.5 Å². The molecule has 190 valence electrons. The number of fused-ring (bicyclic) bond motifs is 1. The molecule has 0 aliphatic carbocycles. The average Bonchev–Trinajstić information content (AvgIpc) is 3.39. The maximum Gasteiger partial charge on any atom is 0.490 e. The lowest BCUT2D eigenvalue weighted by Gasteiger charge is -2.28. The number of anilines is 1. The molecule has 1 aromatic heterocycles. The van der Waals surface area contributed by atoms with E-state index in [9.17, 15) is 27.9 Å². The summed E-state index contributed by atoms with van der Waals surface area (Å²) in [5, 5.41) is 22.4. The molecule has 13 heteroatoms. The minimum absolute atomic E-state index is 0.0404. The number of urea groups is 1. The first-order valence-corrected chi connectivity index (χ1v) is 11.5. The quantitative estimate of drug-likeness (QED) is 0.560. The number of hydrogen-bond donors (Lipinski definition) is 3. The molecule has 35 heavy (non-hydrogen) atoms. The van der Waals surface area contributed by atoms with Crippen molar-refractivity contribution < 1.29 is 37.8 Å². The molecular weight excluding hydrogens is 489 g/mol. The molecule has 2 aliphatic heterocycles. The summed E-state index contributed by atoms with van der Waals surface area (Å²) in [5.74, 6) is -3.56. The number of amides is 2. The van der Waals surface area contributed by atoms with Crippen molar-refractivity contribution in [1.29, 1.82) is 0 Å². The Morgan fingerprint density at radius 2 is 1.80 bits per heavy atom. The van der Waals surface area contributed by atoms with Crippen LogP contribution >= 0.6 is 11.3 Å². The third-order valence-corrected chi connectivity index (χ3v) is 6.52. The number of hydrogen-bond acceptors (Lipinski definition) is 6. The van der Waals surface area contributed by atoms with E-state index in [1.165, 1.54) is 11.3 Å². The van der Waals surface area contributed by atoms with E-state index in [2.05, 4.69) is 10.3 Å². The van der Waals surface area contributed by atoms with Gasteiger partial charge in [-0.3, -0.25) is 9.69 Å². The van der Waals surface area contributed by atoms with Gasteiger partial charge in [0.05, 0.1) is 23.7 Å². The summed E-state index contributed by atoms with van der Waals surface area (Å²) in [6, 6.07) is 8.08. The van der Waals surface area contributed by atoms with E-state index in [0.717, 1.165) is 41.6 Å². The maximum absolute atomic E-state index is 12.7. The van der Waals surface area contributed by atoms with Crippen molar-refractivity contribution >= 4 is 34.4 Å². The molecule has 3 N–H and O–H groups in total. The first-order chi connectivity index (χ1) is 16.3. The van der Waals surface area contributed by atoms with E-state index in [4.69, 9.17) is 9.90 Å². The van der Waals surface area contributed by atoms with Gasteiger partial charge >= 0.3 is 24.1 Å². The van der Waals surface area contributed by atoms with Gasteiger partial charge < -0.3 is 20.4 Å². The molecule has 2 fully saturated rings. The molecular formula is C22H25F3N4O5S. The number of carbonyl (C=O) groups is 3. The van der Waals surface area contributed by atoms with E-state index >= 15 is 0 Å². The highest BCUT2D eigenvalue weighted by molar-refractivity contribution is 7.14. The maximum atomic E-state index is 12.7. The van der Waals surface area contributed by atoms with Crippen molar-refractivity contribution in [2.75, 3.05) is 31.1 Å². The summed E-state index contributed by atoms with van der Waals surface area (Å²) in [4.78, 5) is 41.3. The van der Waals surface area contributed by atoms with E-state index in [-0.39, 0.29) is 12.1 Å². The fraction of sp³-hybridized carbons (Fsp3) is 0.455. The van der Waals surface area contributed by atoms with Gasteiger partial charge in [0.1, 0.15) is 0 Å². The van der Waals surface area contributed by atoms with Crippen LogP contribution in [0.2, 0.25) is 0 Å². The van der Waals surface area contributed by atoms with Crippen LogP contribution in [0.5, 0.6) is 0 Å². The van der Waals surface area contributed by atoms with Gasteiger partial charge in [0.25, 0.3) is 0 Å². The summed E-state index contributed by atoms with van der Waals surface area (Å²) in [6.45, 7) is 6.53. The monoisotopic (exact) mass is 514 g/mol. The normalized spacial score (nSPS) is 18.1. The van der Waals surface area contributed by atoms with Gasteiger partial charge in [-0.2, -0.15) is 13.2 Å². The molecule has 0 spiro atoms. The summed E-state index contributed by atoms with van der Waals surface area (Å²) < 4.78 is 31.7. The lowest BCUT2D eigenvalue weighted by Crippen LogP contribution is -2.49. The number of piperazine rings is 1. The van der Waals surface area contributed by atoms with Crippen molar-refractivity contribution in [2.45, 2.75) is 32.5 Å². The summed E-state index contributed by atoms with van der Waals surface area (Å²) in [5.41, 5.74) is 1.97. The predicted molar refractivity (Wildman–Crippen MR) is 122 cm³/mol. The predicted octanol–water partition coefficient (Wildman–Crippen LogP) is 3.31. The Kier molecular flexibility index (Phi) is 7.70. The van der Waals surface area contributed by atoms with Crippen molar-refractivity contribution in [3.8, 4) is 11.3 Å². The first-order valence-electron chi connectivity index (χ1n) is 10.7. The van der Waals surface area contributed by atoms with Gasteiger partial charge in [0.2, 0.25) is 0 Å². The van der Waals surface area contributed by atoms with Crippen LogP contribution in [0.1, 0.15) is 19.4 Å². The van der Waals surface area contributed by atoms with Gasteiger partial charge in [0.15, 0.2) is 5.13 Å². The lowest BCUT2D eigenvalue weighted by molar-refractivity contribution is -0.192. The highest BCUT2D eigenvalue weighted by Gasteiger charge is 2.40. The van der Waals surface area contributed by atoms with Crippen molar-refractivity contribution in [3.05, 3.63) is 35.2 Å². The standard InChI is InChI=1S/C20H24N4O3S.C2HF3O2/c1-20(2,17(25)26)9-13-3-5-14(6-4-13)16-12-28-18(22-16)24-11-15-10-21-7-8-23(15)19(24)27;3-2(4,5)1(6)7/h3-6,12,15,21H,7-11H2,1-2H3,(H,25,26);(H,6,7)/t15-;/m0./s1. The van der Waals surface area contributed by atoms with Crippen molar-refractivity contribution in [3.63, 3.8) is 0 Å². The Morgan fingerprint density at radius 1 is 1.17 bits per heavy atom. The van der Waals surface area contributed by atoms with Crippen molar-refractivity contribution in [2.24, 2.45) is 5.41 Å². The molecule has 0 bridgehead atoms. The largest absolute Gasteiger partial charge is 0.490 e. The SMILES string of the molecule is CC(C)(Cc1ccc(-c2csc(N3C[C@@H]4CNCCN4C3=O)n2)cc1)C(=O)O.O=C(O)C(F)(F)F. The Bertz CT molecular complexity index is 1090. The van der Waals surface area contributed by atoms with Crippen LogP contribution in [-0.2, 0) is 16.0 Å². The number of thiazole rings is 1. The molecule has 0 unspecified atom stereocenters. The fourth-order valence-corrected chi connectivity index (χ4v) is 4.52. The zero-order valence-corrected chi connectivity index (χ0v) is 19.8. The molecule has 2 amide bonds. The van der Waals surface area contributed by atoms with Crippen LogP contribution in [0.4, 0.5) is 23.1 Å². The number of benzene rings is 1. The van der Waals surface area contributed by atoms with Crippen LogP contribution in [0.25, 0.3) is 11.3 Å². The third kappa shape index (κ3) is 6.28. The molecule has 2 aromatic rings. The number of carboxylic acid groups (broad SMARTS) is 2. The minimum atomic E-state index is -5.08. The summed E-state index contributed by atoms with van der Waals surface area (Å²) >= 11 is 1.48. The number of alkyl halides is 3. The van der Waals surface area contributed by atoms with Gasteiger partial charge in [0, 0.05) is 30.6 Å². The van der Waals surface area contributed by atoms with E-state index in [1.54, 1.807) is 18.7 Å². The number of halogens is 3. The Balaban J connectivity index is 0.000000429. The smallest absolute Gasteiger partial charge is 0.481 e. The second-order valence-electron chi connectivity index (χ2n) is 8.83. The van der Waals surface area contributed by atoms with E-state index in [0.29, 0.717) is 13.0 Å². The van der Waals surface area contributed by atoms with Gasteiger partial charge in [-0.25, -0.2) is 14.6 Å². The topological polar surface area (TPSA) is 123 Å². The molecule has 4 rings (SSSR count).